The molecule has 0 saturated heterocycles. The summed E-state index contributed by atoms with van der Waals surface area (Å²) in [6.07, 6.45) is 3.72. The Labute approximate surface area is 158 Å². The highest BCUT2D eigenvalue weighted by atomic mass is 35.5. The van der Waals surface area contributed by atoms with Gasteiger partial charge in [-0.1, -0.05) is 62.2 Å². The van der Waals surface area contributed by atoms with Crippen molar-refractivity contribution in [3.8, 4) is 11.5 Å². The van der Waals surface area contributed by atoms with Crippen molar-refractivity contribution in [1.82, 2.24) is 5.32 Å². The van der Waals surface area contributed by atoms with E-state index in [-0.39, 0.29) is 12.4 Å². The van der Waals surface area contributed by atoms with Gasteiger partial charge in [0, 0.05) is 12.1 Å². The summed E-state index contributed by atoms with van der Waals surface area (Å²) in [5, 5.41) is 3.51. The standard InChI is InChI=1S/C21H29NO2.ClH/c1-3-5-9-15-22-16-19-13-10-14-20(23-4-2)21(19)24-17-18-11-7-6-8-12-18;/h6-8,10-14,22H,3-5,9,15-17H2,1-2H3;1H. The van der Waals surface area contributed by atoms with E-state index in [1.807, 2.05) is 37.3 Å². The van der Waals surface area contributed by atoms with Crippen LogP contribution in [0.5, 0.6) is 11.5 Å². The van der Waals surface area contributed by atoms with E-state index < -0.39 is 0 Å². The molecule has 0 fully saturated rings. The number of rotatable bonds is 11. The van der Waals surface area contributed by atoms with Gasteiger partial charge in [-0.2, -0.15) is 0 Å². The van der Waals surface area contributed by atoms with E-state index in [0.717, 1.165) is 35.7 Å². The molecular weight excluding hydrogens is 334 g/mol. The van der Waals surface area contributed by atoms with Crippen LogP contribution in [-0.2, 0) is 13.2 Å². The van der Waals surface area contributed by atoms with E-state index in [9.17, 15) is 0 Å². The Bertz CT molecular complexity index is 590. The molecule has 2 aromatic carbocycles. The molecule has 1 N–H and O–H groups in total. The zero-order chi connectivity index (χ0) is 17.0. The molecule has 2 rings (SSSR count). The van der Waals surface area contributed by atoms with Gasteiger partial charge in [0.25, 0.3) is 0 Å². The average Bonchev–Trinajstić information content (AvgIpc) is 2.62. The van der Waals surface area contributed by atoms with Crippen molar-refractivity contribution >= 4 is 12.4 Å². The van der Waals surface area contributed by atoms with Crippen molar-refractivity contribution in [3.05, 3.63) is 59.7 Å². The molecule has 0 atom stereocenters. The van der Waals surface area contributed by atoms with E-state index in [4.69, 9.17) is 9.47 Å². The summed E-state index contributed by atoms with van der Waals surface area (Å²) >= 11 is 0. The summed E-state index contributed by atoms with van der Waals surface area (Å²) in [6.45, 7) is 7.24. The van der Waals surface area contributed by atoms with Gasteiger partial charge < -0.3 is 14.8 Å². The monoisotopic (exact) mass is 363 g/mol. The fraction of sp³-hybridized carbons (Fsp3) is 0.429. The van der Waals surface area contributed by atoms with Gasteiger partial charge in [-0.15, -0.1) is 12.4 Å². The van der Waals surface area contributed by atoms with E-state index in [2.05, 4.69) is 30.4 Å². The number of para-hydroxylation sites is 1. The average molecular weight is 364 g/mol. The van der Waals surface area contributed by atoms with Crippen LogP contribution in [0.25, 0.3) is 0 Å². The highest BCUT2D eigenvalue weighted by molar-refractivity contribution is 5.85. The molecule has 0 heterocycles. The van der Waals surface area contributed by atoms with Crippen LogP contribution in [0.3, 0.4) is 0 Å². The zero-order valence-electron chi connectivity index (χ0n) is 15.3. The number of halogens is 1. The number of ether oxygens (including phenoxy) is 2. The first kappa shape index (κ1) is 21.3. The summed E-state index contributed by atoms with van der Waals surface area (Å²) in [7, 11) is 0. The molecule has 3 nitrogen and oxygen atoms in total. The number of unbranched alkanes of at least 4 members (excludes halogenated alkanes) is 2. The molecule has 0 radical (unpaired) electrons. The van der Waals surface area contributed by atoms with Crippen molar-refractivity contribution in [2.75, 3.05) is 13.2 Å². The Kier molecular flexibility index (Phi) is 10.8. The highest BCUT2D eigenvalue weighted by Gasteiger charge is 2.11. The van der Waals surface area contributed by atoms with Crippen LogP contribution in [0.2, 0.25) is 0 Å². The second kappa shape index (κ2) is 12.6. The van der Waals surface area contributed by atoms with Crippen molar-refractivity contribution in [1.29, 1.82) is 0 Å². The Hall–Kier alpha value is -1.71. The van der Waals surface area contributed by atoms with Gasteiger partial charge >= 0.3 is 0 Å². The second-order valence-electron chi connectivity index (χ2n) is 5.84. The van der Waals surface area contributed by atoms with Crippen LogP contribution in [0, 0.1) is 0 Å². The molecule has 4 heteroatoms. The third-order valence-corrected chi connectivity index (χ3v) is 3.86. The van der Waals surface area contributed by atoms with Gasteiger partial charge in [0.15, 0.2) is 11.5 Å². The topological polar surface area (TPSA) is 30.5 Å². The highest BCUT2D eigenvalue weighted by Crippen LogP contribution is 2.32. The van der Waals surface area contributed by atoms with Gasteiger partial charge in [0.2, 0.25) is 0 Å². The van der Waals surface area contributed by atoms with E-state index in [0.29, 0.717) is 13.2 Å². The first-order valence-corrected chi connectivity index (χ1v) is 8.97. The van der Waals surface area contributed by atoms with Crippen LogP contribution in [0.15, 0.2) is 48.5 Å². The third kappa shape index (κ3) is 7.37. The number of benzene rings is 2. The summed E-state index contributed by atoms with van der Waals surface area (Å²) < 4.78 is 11.9. The molecule has 2 aromatic rings. The molecule has 0 aliphatic carbocycles. The predicted molar refractivity (Wildman–Crippen MR) is 107 cm³/mol. The molecule has 0 aliphatic heterocycles. The van der Waals surface area contributed by atoms with Crippen LogP contribution in [-0.4, -0.2) is 13.2 Å². The second-order valence-corrected chi connectivity index (χ2v) is 5.84. The molecule has 0 aliphatic rings. The van der Waals surface area contributed by atoms with Crippen LogP contribution in [0.1, 0.15) is 44.2 Å². The SMILES string of the molecule is CCCCCNCc1cccc(OCC)c1OCc1ccccc1.Cl. The lowest BCUT2D eigenvalue weighted by Crippen LogP contribution is -2.15. The van der Waals surface area contributed by atoms with Gasteiger partial charge in [-0.05, 0) is 31.5 Å². The normalized spacial score (nSPS) is 10.2. The first-order chi connectivity index (χ1) is 11.8. The minimum Gasteiger partial charge on any atom is -0.490 e. The molecule has 0 spiro atoms. The molecule has 0 unspecified atom stereocenters. The Morgan fingerprint density at radius 3 is 2.40 bits per heavy atom. The summed E-state index contributed by atoms with van der Waals surface area (Å²) in [5.41, 5.74) is 2.30. The van der Waals surface area contributed by atoms with Crippen LogP contribution >= 0.6 is 12.4 Å². The summed E-state index contributed by atoms with van der Waals surface area (Å²) in [6, 6.07) is 16.3. The lowest BCUT2D eigenvalue weighted by Gasteiger charge is -2.16. The van der Waals surface area contributed by atoms with Gasteiger partial charge in [-0.25, -0.2) is 0 Å². The number of nitrogens with one attached hydrogen (secondary N) is 1. The van der Waals surface area contributed by atoms with Crippen LogP contribution < -0.4 is 14.8 Å². The Balaban J connectivity index is 0.00000312. The largest absolute Gasteiger partial charge is 0.490 e. The molecule has 25 heavy (non-hydrogen) atoms. The lowest BCUT2D eigenvalue weighted by atomic mass is 10.1. The molecule has 0 aromatic heterocycles. The summed E-state index contributed by atoms with van der Waals surface area (Å²) in [4.78, 5) is 0. The molecule has 0 saturated carbocycles. The fourth-order valence-electron chi connectivity index (χ4n) is 2.59. The number of hydrogen-bond donors (Lipinski definition) is 1. The van der Waals surface area contributed by atoms with Crippen molar-refractivity contribution in [2.24, 2.45) is 0 Å². The zero-order valence-corrected chi connectivity index (χ0v) is 16.1. The minimum atomic E-state index is 0. The maximum Gasteiger partial charge on any atom is 0.166 e. The quantitative estimate of drug-likeness (QED) is 0.545. The van der Waals surface area contributed by atoms with E-state index >= 15 is 0 Å². The third-order valence-electron chi connectivity index (χ3n) is 3.86. The Morgan fingerprint density at radius 2 is 1.68 bits per heavy atom. The maximum absolute atomic E-state index is 6.12. The molecule has 138 valence electrons. The summed E-state index contributed by atoms with van der Waals surface area (Å²) in [5.74, 6) is 1.67. The van der Waals surface area contributed by atoms with Gasteiger partial charge in [0.05, 0.1) is 6.61 Å². The van der Waals surface area contributed by atoms with Crippen molar-refractivity contribution in [3.63, 3.8) is 0 Å². The van der Waals surface area contributed by atoms with Crippen LogP contribution in [0.4, 0.5) is 0 Å². The molecule has 0 amide bonds. The van der Waals surface area contributed by atoms with E-state index in [1.165, 1.54) is 19.3 Å². The smallest absolute Gasteiger partial charge is 0.166 e. The van der Waals surface area contributed by atoms with Crippen molar-refractivity contribution < 1.29 is 9.47 Å². The molecule has 0 bridgehead atoms. The maximum atomic E-state index is 6.12. The van der Waals surface area contributed by atoms with Gasteiger partial charge in [0.1, 0.15) is 6.61 Å². The van der Waals surface area contributed by atoms with E-state index in [1.54, 1.807) is 0 Å². The van der Waals surface area contributed by atoms with Crippen molar-refractivity contribution in [2.45, 2.75) is 46.3 Å². The lowest BCUT2D eigenvalue weighted by molar-refractivity contribution is 0.266. The first-order valence-electron chi connectivity index (χ1n) is 8.97. The number of hydrogen-bond acceptors (Lipinski definition) is 3. The van der Waals surface area contributed by atoms with Gasteiger partial charge in [-0.3, -0.25) is 0 Å². The molecular formula is C21H30ClNO2. The predicted octanol–water partition coefficient (Wildman–Crippen LogP) is 5.37. The Morgan fingerprint density at radius 1 is 0.880 bits per heavy atom. The fourth-order valence-corrected chi connectivity index (χ4v) is 2.59. The minimum absolute atomic E-state index is 0.